The van der Waals surface area contributed by atoms with Gasteiger partial charge in [0.05, 0.1) is 0 Å². The van der Waals surface area contributed by atoms with Crippen molar-refractivity contribution < 1.29 is 0 Å². The van der Waals surface area contributed by atoms with Gasteiger partial charge in [-0.25, -0.2) is 0 Å². The lowest BCUT2D eigenvalue weighted by Crippen LogP contribution is -2.45. The van der Waals surface area contributed by atoms with Gasteiger partial charge < -0.3 is 5.73 Å². The molecule has 0 aliphatic carbocycles. The molecule has 0 radical (unpaired) electrons. The lowest BCUT2D eigenvalue weighted by molar-refractivity contribution is 0.119. The topological polar surface area (TPSA) is 32.5 Å². The number of fused-ring (bicyclic) bond motifs is 1. The summed E-state index contributed by atoms with van der Waals surface area (Å²) in [5, 5.41) is 0. The van der Waals surface area contributed by atoms with Crippen LogP contribution in [0.5, 0.6) is 0 Å². The molecule has 2 atom stereocenters. The van der Waals surface area contributed by atoms with E-state index >= 15 is 0 Å². The smallest absolute Gasteiger partial charge is 0.0481 e. The van der Waals surface area contributed by atoms with E-state index < -0.39 is 0 Å². The summed E-state index contributed by atoms with van der Waals surface area (Å²) < 4.78 is 0. The molecule has 1 aliphatic heterocycles. The first kappa shape index (κ1) is 14.5. The number of likely N-dealkylation sites (N-methyl/N-ethyl adjacent to an activating group) is 2. The van der Waals surface area contributed by atoms with Crippen molar-refractivity contribution in [3.8, 4) is 0 Å². The Morgan fingerprint density at radius 3 is 2.58 bits per heavy atom. The number of rotatable bonds is 4. The molecule has 2 unspecified atom stereocenters. The minimum atomic E-state index is 0.363. The second-order valence-corrected chi connectivity index (χ2v) is 5.51. The predicted molar refractivity (Wildman–Crippen MR) is 81.3 cm³/mol. The highest BCUT2D eigenvalue weighted by molar-refractivity contribution is 5.41. The Bertz CT molecular complexity index is 426. The van der Waals surface area contributed by atoms with Gasteiger partial charge in [-0.2, -0.15) is 0 Å². The normalized spacial score (nSPS) is 23.7. The number of nitrogens with zero attached hydrogens (tertiary/aromatic N) is 2. The molecule has 106 valence electrons. The van der Waals surface area contributed by atoms with Crippen molar-refractivity contribution in [1.82, 2.24) is 9.80 Å². The van der Waals surface area contributed by atoms with Crippen molar-refractivity contribution in [3.63, 3.8) is 0 Å². The summed E-state index contributed by atoms with van der Waals surface area (Å²) >= 11 is 0. The van der Waals surface area contributed by atoms with E-state index in [9.17, 15) is 0 Å². The van der Waals surface area contributed by atoms with Crippen LogP contribution in [-0.2, 0) is 0 Å². The fourth-order valence-corrected chi connectivity index (χ4v) is 3.45. The third kappa shape index (κ3) is 2.55. The number of aryl methyl sites for hydroxylation is 1. The first-order chi connectivity index (χ1) is 9.13. The van der Waals surface area contributed by atoms with E-state index in [1.807, 2.05) is 0 Å². The van der Waals surface area contributed by atoms with Crippen molar-refractivity contribution in [2.24, 2.45) is 5.73 Å². The molecule has 0 spiro atoms. The Hall–Kier alpha value is -0.900. The van der Waals surface area contributed by atoms with Crippen molar-refractivity contribution in [1.29, 1.82) is 0 Å². The molecular weight excluding hydrogens is 234 g/mol. The molecule has 0 amide bonds. The summed E-state index contributed by atoms with van der Waals surface area (Å²) in [6, 6.07) is 7.51. The minimum absolute atomic E-state index is 0.363. The molecule has 2 rings (SSSR count). The highest BCUT2D eigenvalue weighted by Crippen LogP contribution is 2.38. The molecule has 0 saturated heterocycles. The van der Waals surface area contributed by atoms with Gasteiger partial charge in [0, 0.05) is 25.2 Å². The van der Waals surface area contributed by atoms with E-state index in [0.717, 1.165) is 19.6 Å². The minimum Gasteiger partial charge on any atom is -0.329 e. The summed E-state index contributed by atoms with van der Waals surface area (Å²) in [5.41, 5.74) is 10.3. The molecule has 3 nitrogen and oxygen atoms in total. The molecule has 19 heavy (non-hydrogen) atoms. The van der Waals surface area contributed by atoms with Crippen LogP contribution in [0.1, 0.15) is 42.6 Å². The summed E-state index contributed by atoms with van der Waals surface area (Å²) in [6.45, 7) is 10.7. The number of benzene rings is 1. The molecule has 1 heterocycles. The second-order valence-electron chi connectivity index (χ2n) is 5.51. The quantitative estimate of drug-likeness (QED) is 0.903. The molecule has 1 aromatic rings. The SMILES string of the molecule is CCN(CC)C1CN(C)C(CN)c2cccc(C)c21. The highest BCUT2D eigenvalue weighted by Gasteiger charge is 2.33. The number of nitrogens with two attached hydrogens (primary N) is 1. The molecule has 0 saturated carbocycles. The molecule has 3 heteroatoms. The van der Waals surface area contributed by atoms with E-state index in [-0.39, 0.29) is 0 Å². The summed E-state index contributed by atoms with van der Waals surface area (Å²) in [4.78, 5) is 4.96. The maximum atomic E-state index is 5.99. The van der Waals surface area contributed by atoms with Crippen LogP contribution in [0.4, 0.5) is 0 Å². The third-order valence-electron chi connectivity index (χ3n) is 4.52. The Morgan fingerprint density at radius 1 is 1.32 bits per heavy atom. The standard InChI is InChI=1S/C16H27N3/c1-5-19(6-2)15-11-18(4)14(10-17)13-9-7-8-12(3)16(13)15/h7-9,14-15H,5-6,10-11,17H2,1-4H3. The highest BCUT2D eigenvalue weighted by atomic mass is 15.2. The molecule has 0 bridgehead atoms. The molecule has 0 aromatic heterocycles. The summed E-state index contributed by atoms with van der Waals surface area (Å²) in [5.74, 6) is 0. The Kier molecular flexibility index (Phi) is 4.61. The molecular formula is C16H27N3. The largest absolute Gasteiger partial charge is 0.329 e. The average molecular weight is 261 g/mol. The van der Waals surface area contributed by atoms with Crippen molar-refractivity contribution >= 4 is 0 Å². The Labute approximate surface area is 117 Å². The van der Waals surface area contributed by atoms with Gasteiger partial charge in [0.25, 0.3) is 0 Å². The molecule has 0 fully saturated rings. The van der Waals surface area contributed by atoms with Crippen LogP contribution >= 0.6 is 0 Å². The summed E-state index contributed by atoms with van der Waals surface area (Å²) in [7, 11) is 2.19. The van der Waals surface area contributed by atoms with Crippen LogP contribution in [0.25, 0.3) is 0 Å². The zero-order valence-electron chi connectivity index (χ0n) is 12.7. The van der Waals surface area contributed by atoms with Crippen LogP contribution in [0.3, 0.4) is 0 Å². The fourth-order valence-electron chi connectivity index (χ4n) is 3.45. The maximum Gasteiger partial charge on any atom is 0.0481 e. The van der Waals surface area contributed by atoms with E-state index in [2.05, 4.69) is 55.8 Å². The van der Waals surface area contributed by atoms with E-state index in [1.54, 1.807) is 0 Å². The van der Waals surface area contributed by atoms with Crippen molar-refractivity contribution in [3.05, 3.63) is 34.9 Å². The maximum absolute atomic E-state index is 5.99. The first-order valence-corrected chi connectivity index (χ1v) is 7.37. The van der Waals surface area contributed by atoms with E-state index in [1.165, 1.54) is 16.7 Å². The van der Waals surface area contributed by atoms with E-state index in [4.69, 9.17) is 5.73 Å². The average Bonchev–Trinajstić information content (AvgIpc) is 2.40. The van der Waals surface area contributed by atoms with E-state index in [0.29, 0.717) is 18.6 Å². The van der Waals surface area contributed by atoms with Gasteiger partial charge in [-0.05, 0) is 43.8 Å². The van der Waals surface area contributed by atoms with Crippen LogP contribution in [0.2, 0.25) is 0 Å². The third-order valence-corrected chi connectivity index (χ3v) is 4.52. The second kappa shape index (κ2) is 6.04. The van der Waals surface area contributed by atoms with Crippen LogP contribution in [0, 0.1) is 6.92 Å². The zero-order chi connectivity index (χ0) is 14.0. The predicted octanol–water partition coefficient (Wildman–Crippen LogP) is 2.32. The number of hydrogen-bond acceptors (Lipinski definition) is 3. The van der Waals surface area contributed by atoms with Crippen LogP contribution in [-0.4, -0.2) is 43.0 Å². The van der Waals surface area contributed by atoms with Gasteiger partial charge in [0.2, 0.25) is 0 Å². The summed E-state index contributed by atoms with van der Waals surface area (Å²) in [6.07, 6.45) is 0. The van der Waals surface area contributed by atoms with Gasteiger partial charge in [0.1, 0.15) is 0 Å². The lowest BCUT2D eigenvalue weighted by atomic mass is 9.86. The molecule has 1 aromatic carbocycles. The van der Waals surface area contributed by atoms with Crippen molar-refractivity contribution in [2.45, 2.75) is 32.9 Å². The Balaban J connectivity index is 2.50. The first-order valence-electron chi connectivity index (χ1n) is 7.37. The van der Waals surface area contributed by atoms with Crippen LogP contribution in [0.15, 0.2) is 18.2 Å². The van der Waals surface area contributed by atoms with Crippen molar-refractivity contribution in [2.75, 3.05) is 33.2 Å². The lowest BCUT2D eigenvalue weighted by Gasteiger charge is -2.43. The van der Waals surface area contributed by atoms with Gasteiger partial charge in [-0.1, -0.05) is 32.0 Å². The fraction of sp³-hybridized carbons (Fsp3) is 0.625. The van der Waals surface area contributed by atoms with Crippen LogP contribution < -0.4 is 5.73 Å². The molecule has 1 aliphatic rings. The Morgan fingerprint density at radius 2 is 2.00 bits per heavy atom. The van der Waals surface area contributed by atoms with Gasteiger partial charge in [0.15, 0.2) is 0 Å². The molecule has 2 N–H and O–H groups in total. The van der Waals surface area contributed by atoms with Gasteiger partial charge in [-0.3, -0.25) is 9.80 Å². The number of hydrogen-bond donors (Lipinski definition) is 1. The van der Waals surface area contributed by atoms with Gasteiger partial charge >= 0.3 is 0 Å². The monoisotopic (exact) mass is 261 g/mol. The zero-order valence-corrected chi connectivity index (χ0v) is 12.7. The van der Waals surface area contributed by atoms with Gasteiger partial charge in [-0.15, -0.1) is 0 Å².